The summed E-state index contributed by atoms with van der Waals surface area (Å²) in [4.78, 5) is 26.6. The monoisotopic (exact) mass is 546 g/mol. The van der Waals surface area contributed by atoms with Crippen molar-refractivity contribution >= 4 is 23.1 Å². The molecule has 2 saturated carbocycles. The Morgan fingerprint density at radius 1 is 1.10 bits per heavy atom. The van der Waals surface area contributed by atoms with E-state index in [1.165, 1.54) is 31.2 Å². The maximum absolute atomic E-state index is 13.1. The number of ether oxygens (including phenoxy) is 1. The molecule has 0 aromatic carbocycles. The van der Waals surface area contributed by atoms with Crippen LogP contribution in [0.3, 0.4) is 0 Å². The van der Waals surface area contributed by atoms with Gasteiger partial charge in [-0.05, 0) is 94.9 Å². The second-order valence-electron chi connectivity index (χ2n) is 12.3. The Labute approximate surface area is 234 Å². The summed E-state index contributed by atoms with van der Waals surface area (Å²) in [6.45, 7) is 8.39. The first-order valence-electron chi connectivity index (χ1n) is 14.3. The molecule has 0 radical (unpaired) electrons. The van der Waals surface area contributed by atoms with Gasteiger partial charge in [0.2, 0.25) is 0 Å². The van der Waals surface area contributed by atoms with Gasteiger partial charge in [0.25, 0.3) is 0 Å². The van der Waals surface area contributed by atoms with Crippen LogP contribution in [0.2, 0.25) is 0 Å². The molecule has 3 aromatic heterocycles. The Kier molecular flexibility index (Phi) is 7.27. The highest BCUT2D eigenvalue weighted by Gasteiger charge is 2.36. The largest absolute Gasteiger partial charge is 0.444 e. The molecule has 2 aliphatic carbocycles. The number of hydrogen-bond acceptors (Lipinski definition) is 8. The number of carbonyl (C=O) groups excluding carboxylic acids is 1. The van der Waals surface area contributed by atoms with Gasteiger partial charge in [-0.3, -0.25) is 9.97 Å². The van der Waals surface area contributed by atoms with Crippen LogP contribution in [0.4, 0.5) is 10.5 Å². The highest BCUT2D eigenvalue weighted by atomic mass is 32.1. The Morgan fingerprint density at radius 3 is 2.67 bits per heavy atom. The number of anilines is 1. The molecule has 9 heteroatoms. The Morgan fingerprint density at radius 2 is 1.95 bits per heavy atom. The lowest BCUT2D eigenvalue weighted by Crippen LogP contribution is -2.52. The van der Waals surface area contributed by atoms with Crippen molar-refractivity contribution in [2.75, 3.05) is 24.5 Å². The van der Waals surface area contributed by atoms with E-state index in [1.807, 2.05) is 44.3 Å². The summed E-state index contributed by atoms with van der Waals surface area (Å²) in [5.41, 5.74) is 3.94. The summed E-state index contributed by atoms with van der Waals surface area (Å²) in [6.07, 6.45) is 13.3. The minimum atomic E-state index is -0.488. The highest BCUT2D eigenvalue weighted by Crippen LogP contribution is 2.41. The summed E-state index contributed by atoms with van der Waals surface area (Å²) in [6, 6.07) is 6.60. The Balaban J connectivity index is 1.09. The first-order valence-corrected chi connectivity index (χ1v) is 15.1. The number of nitrogens with zero attached hydrogens (tertiary/aromatic N) is 6. The molecule has 8 nitrogen and oxygen atoms in total. The third kappa shape index (κ3) is 6.75. The zero-order valence-electron chi connectivity index (χ0n) is 23.2. The van der Waals surface area contributed by atoms with Gasteiger partial charge in [-0.25, -0.2) is 4.79 Å². The molecule has 1 saturated heterocycles. The van der Waals surface area contributed by atoms with E-state index in [4.69, 9.17) is 9.72 Å². The molecule has 6 rings (SSSR count). The first-order chi connectivity index (χ1) is 18.8. The highest BCUT2D eigenvalue weighted by molar-refractivity contribution is 7.14. The maximum atomic E-state index is 13.1. The summed E-state index contributed by atoms with van der Waals surface area (Å²) in [7, 11) is 0. The van der Waals surface area contributed by atoms with E-state index < -0.39 is 5.60 Å². The lowest BCUT2D eigenvalue weighted by Gasteiger charge is -2.40. The fourth-order valence-electron chi connectivity index (χ4n) is 5.24. The molecule has 1 atom stereocenters. The molecule has 0 N–H and O–H groups in total. The van der Waals surface area contributed by atoms with E-state index in [-0.39, 0.29) is 12.1 Å². The van der Waals surface area contributed by atoms with Crippen molar-refractivity contribution in [1.82, 2.24) is 25.1 Å². The molecule has 0 bridgehead atoms. The van der Waals surface area contributed by atoms with Gasteiger partial charge in [0.05, 0.1) is 17.9 Å². The molecule has 3 aliphatic rings. The summed E-state index contributed by atoms with van der Waals surface area (Å²) < 4.78 is 5.79. The molecule has 0 unspecified atom stereocenters. The van der Waals surface area contributed by atoms with Gasteiger partial charge in [0.1, 0.15) is 15.6 Å². The van der Waals surface area contributed by atoms with Crippen LogP contribution in [0.5, 0.6) is 0 Å². The molecule has 0 spiro atoms. The van der Waals surface area contributed by atoms with E-state index in [9.17, 15) is 4.79 Å². The van der Waals surface area contributed by atoms with E-state index >= 15 is 0 Å². The number of amides is 1. The van der Waals surface area contributed by atoms with Crippen molar-refractivity contribution in [1.29, 1.82) is 0 Å². The fourth-order valence-corrected chi connectivity index (χ4v) is 6.07. The maximum Gasteiger partial charge on any atom is 0.410 e. The van der Waals surface area contributed by atoms with Crippen LogP contribution in [-0.2, 0) is 11.2 Å². The average molecular weight is 547 g/mol. The van der Waals surface area contributed by atoms with Crippen molar-refractivity contribution in [3.8, 4) is 10.6 Å². The smallest absolute Gasteiger partial charge is 0.410 e. The van der Waals surface area contributed by atoms with Gasteiger partial charge in [0, 0.05) is 49.7 Å². The molecule has 206 valence electrons. The molecule has 3 aromatic rings. The van der Waals surface area contributed by atoms with Crippen LogP contribution in [-0.4, -0.2) is 62.4 Å². The molecule has 1 aliphatic heterocycles. The quantitative estimate of drug-likeness (QED) is 0.339. The van der Waals surface area contributed by atoms with Gasteiger partial charge in [-0.15, -0.1) is 10.2 Å². The van der Waals surface area contributed by atoms with Crippen LogP contribution >= 0.6 is 11.3 Å². The van der Waals surface area contributed by atoms with E-state index in [2.05, 4.69) is 38.3 Å². The zero-order chi connectivity index (χ0) is 27.0. The molecular formula is C30H38N6O2S. The third-order valence-electron chi connectivity index (χ3n) is 7.65. The standard InChI is InChI=1S/C30H38N6O2S/c1-30(2,3)38-29(37)36(18-20-6-7-20)26-5-4-12-35(19-26)25-11-10-24(32-17-25)14-27-33-34-28(39-27)23-13-22(15-31-16-23)21-8-9-21/h10-11,13,15-17,20-21,26H,4-9,12,14,18-19H2,1-3H3/t26-/m1/s1. The normalized spacial score (nSPS) is 19.7. The van der Waals surface area contributed by atoms with Crippen LogP contribution in [0.15, 0.2) is 36.8 Å². The van der Waals surface area contributed by atoms with Crippen molar-refractivity contribution in [2.45, 2.75) is 83.3 Å². The van der Waals surface area contributed by atoms with Crippen molar-refractivity contribution < 1.29 is 9.53 Å². The van der Waals surface area contributed by atoms with Gasteiger partial charge in [-0.1, -0.05) is 11.3 Å². The number of aromatic nitrogens is 4. The van der Waals surface area contributed by atoms with Crippen LogP contribution in [0.25, 0.3) is 10.6 Å². The predicted molar refractivity (Wildman–Crippen MR) is 153 cm³/mol. The summed E-state index contributed by atoms with van der Waals surface area (Å²) >= 11 is 1.61. The zero-order valence-corrected chi connectivity index (χ0v) is 24.0. The molecule has 3 fully saturated rings. The van der Waals surface area contributed by atoms with Gasteiger partial charge >= 0.3 is 6.09 Å². The Bertz CT molecular complexity index is 1300. The minimum absolute atomic E-state index is 0.154. The van der Waals surface area contributed by atoms with Crippen molar-refractivity contribution in [2.24, 2.45) is 5.92 Å². The molecular weight excluding hydrogens is 508 g/mol. The van der Waals surface area contributed by atoms with Crippen LogP contribution in [0, 0.1) is 5.92 Å². The molecule has 1 amide bonds. The van der Waals surface area contributed by atoms with Gasteiger partial charge in [-0.2, -0.15) is 0 Å². The topological polar surface area (TPSA) is 84.3 Å². The SMILES string of the molecule is CC(C)(C)OC(=O)N(CC1CC1)[C@@H]1CCCN(c2ccc(Cc3nnc(-c4cncc(C5CC5)c4)s3)nc2)C1. The number of hydrogen-bond donors (Lipinski definition) is 0. The van der Waals surface area contributed by atoms with E-state index in [1.54, 1.807) is 11.3 Å². The molecule has 4 heterocycles. The van der Waals surface area contributed by atoms with Gasteiger partial charge in [0.15, 0.2) is 0 Å². The fraction of sp³-hybridized carbons (Fsp3) is 0.567. The number of carbonyl (C=O) groups is 1. The average Bonchev–Trinajstić information content (AvgIpc) is 3.86. The second kappa shape index (κ2) is 10.8. The number of piperidine rings is 1. The van der Waals surface area contributed by atoms with Gasteiger partial charge < -0.3 is 14.5 Å². The van der Waals surface area contributed by atoms with E-state index in [0.717, 1.165) is 59.4 Å². The van der Waals surface area contributed by atoms with E-state index in [0.29, 0.717) is 18.3 Å². The third-order valence-corrected chi connectivity index (χ3v) is 8.62. The number of rotatable bonds is 8. The van der Waals surface area contributed by atoms with Crippen LogP contribution < -0.4 is 4.90 Å². The van der Waals surface area contributed by atoms with Crippen molar-refractivity contribution in [3.63, 3.8) is 0 Å². The summed E-state index contributed by atoms with van der Waals surface area (Å²) in [5, 5.41) is 10.7. The minimum Gasteiger partial charge on any atom is -0.444 e. The Hall–Kier alpha value is -3.07. The second-order valence-corrected chi connectivity index (χ2v) is 13.3. The van der Waals surface area contributed by atoms with Crippen LogP contribution in [0.1, 0.15) is 81.5 Å². The lowest BCUT2D eigenvalue weighted by molar-refractivity contribution is 0.0134. The van der Waals surface area contributed by atoms with Crippen molar-refractivity contribution in [3.05, 3.63) is 53.1 Å². The molecule has 39 heavy (non-hydrogen) atoms. The summed E-state index contributed by atoms with van der Waals surface area (Å²) in [5.74, 6) is 1.29. The first kappa shape index (κ1) is 26.2. The predicted octanol–water partition coefficient (Wildman–Crippen LogP) is 6.08. The lowest BCUT2D eigenvalue weighted by atomic mass is 10.0. The number of pyridine rings is 2.